The molecule has 0 fully saturated rings. The molecule has 0 atom stereocenters. The summed E-state index contributed by atoms with van der Waals surface area (Å²) in [7, 11) is -2.98. The second kappa shape index (κ2) is 2.46. The van der Waals surface area contributed by atoms with Crippen LogP contribution in [0.15, 0.2) is 0 Å². The van der Waals surface area contributed by atoms with Gasteiger partial charge in [0, 0.05) is 12.1 Å². The molecule has 0 spiro atoms. The number of hydrogen-bond donors (Lipinski definition) is 0. The normalized spacial score (nSPS) is 13.8. The van der Waals surface area contributed by atoms with Crippen LogP contribution in [0.2, 0.25) is 0 Å². The quantitative estimate of drug-likeness (QED) is 0.581. The van der Waals surface area contributed by atoms with E-state index >= 15 is 0 Å². The number of hydrogen-bond acceptors (Lipinski definition) is 2. The van der Waals surface area contributed by atoms with Crippen LogP contribution < -0.4 is 0 Å². The SMILES string of the molecule is CC(C)(CCl)S(C)(=O)=O. The third-order valence-corrected chi connectivity index (χ3v) is 4.30. The minimum absolute atomic E-state index is 0.145. The van der Waals surface area contributed by atoms with E-state index < -0.39 is 14.6 Å². The van der Waals surface area contributed by atoms with Crippen molar-refractivity contribution in [2.75, 3.05) is 12.1 Å². The number of rotatable bonds is 2. The van der Waals surface area contributed by atoms with Crippen molar-refractivity contribution in [2.24, 2.45) is 0 Å². The molecular formula is C5H11ClO2S. The highest BCUT2D eigenvalue weighted by atomic mass is 35.5. The van der Waals surface area contributed by atoms with Gasteiger partial charge in [-0.1, -0.05) is 0 Å². The Hall–Kier alpha value is 0.240. The first kappa shape index (κ1) is 9.24. The first-order chi connectivity index (χ1) is 3.81. The summed E-state index contributed by atoms with van der Waals surface area (Å²) >= 11 is 5.40. The van der Waals surface area contributed by atoms with Crippen molar-refractivity contribution in [3.05, 3.63) is 0 Å². The van der Waals surface area contributed by atoms with Gasteiger partial charge in [0.25, 0.3) is 0 Å². The maximum absolute atomic E-state index is 10.8. The van der Waals surface area contributed by atoms with Crippen molar-refractivity contribution >= 4 is 21.4 Å². The van der Waals surface area contributed by atoms with Gasteiger partial charge in [-0.2, -0.15) is 0 Å². The average molecular weight is 171 g/mol. The number of halogens is 1. The highest BCUT2D eigenvalue weighted by Gasteiger charge is 2.28. The van der Waals surface area contributed by atoms with E-state index in [2.05, 4.69) is 0 Å². The van der Waals surface area contributed by atoms with Crippen LogP contribution in [0.3, 0.4) is 0 Å². The summed E-state index contributed by atoms with van der Waals surface area (Å²) in [5.74, 6) is 0.145. The van der Waals surface area contributed by atoms with Crippen LogP contribution in [-0.4, -0.2) is 25.3 Å². The zero-order chi connectivity index (χ0) is 7.71. The molecule has 0 N–H and O–H groups in total. The molecule has 0 aromatic carbocycles. The summed E-state index contributed by atoms with van der Waals surface area (Å²) in [5, 5.41) is 0. The van der Waals surface area contributed by atoms with Crippen LogP contribution >= 0.6 is 11.6 Å². The van der Waals surface area contributed by atoms with E-state index in [0.29, 0.717) is 0 Å². The lowest BCUT2D eigenvalue weighted by atomic mass is 10.2. The smallest absolute Gasteiger partial charge is 0.153 e. The predicted octanol–water partition coefficient (Wildman–Crippen LogP) is 1.05. The van der Waals surface area contributed by atoms with Crippen molar-refractivity contribution in [2.45, 2.75) is 18.6 Å². The van der Waals surface area contributed by atoms with Gasteiger partial charge >= 0.3 is 0 Å². The molecule has 0 radical (unpaired) electrons. The van der Waals surface area contributed by atoms with Gasteiger partial charge in [-0.3, -0.25) is 0 Å². The fourth-order valence-electron chi connectivity index (χ4n) is 0.0991. The van der Waals surface area contributed by atoms with E-state index in [1.807, 2.05) is 0 Å². The maximum Gasteiger partial charge on any atom is 0.153 e. The number of sulfone groups is 1. The van der Waals surface area contributed by atoms with Gasteiger partial charge in [-0.15, -0.1) is 11.6 Å². The molecule has 0 saturated heterocycles. The van der Waals surface area contributed by atoms with Gasteiger partial charge in [0.2, 0.25) is 0 Å². The molecule has 4 heteroatoms. The molecule has 0 aliphatic rings. The van der Waals surface area contributed by atoms with Gasteiger partial charge in [-0.05, 0) is 13.8 Å². The summed E-state index contributed by atoms with van der Waals surface area (Å²) < 4.78 is 20.8. The highest BCUT2D eigenvalue weighted by molar-refractivity contribution is 7.92. The van der Waals surface area contributed by atoms with Crippen molar-refractivity contribution in [1.82, 2.24) is 0 Å². The maximum atomic E-state index is 10.8. The lowest BCUT2D eigenvalue weighted by Crippen LogP contribution is -2.32. The molecule has 0 bridgehead atoms. The minimum Gasteiger partial charge on any atom is -0.229 e. The van der Waals surface area contributed by atoms with Gasteiger partial charge in [0.1, 0.15) is 0 Å². The molecular weight excluding hydrogens is 160 g/mol. The van der Waals surface area contributed by atoms with E-state index in [0.717, 1.165) is 0 Å². The van der Waals surface area contributed by atoms with Gasteiger partial charge in [0.05, 0.1) is 4.75 Å². The summed E-state index contributed by atoms with van der Waals surface area (Å²) in [6, 6.07) is 0. The molecule has 0 heterocycles. The molecule has 0 aliphatic carbocycles. The topological polar surface area (TPSA) is 34.1 Å². The molecule has 0 unspecified atom stereocenters. The van der Waals surface area contributed by atoms with E-state index in [1.54, 1.807) is 13.8 Å². The molecule has 0 rings (SSSR count). The van der Waals surface area contributed by atoms with Crippen molar-refractivity contribution in [1.29, 1.82) is 0 Å². The van der Waals surface area contributed by atoms with Crippen LogP contribution in [0, 0.1) is 0 Å². The van der Waals surface area contributed by atoms with Crippen LogP contribution in [0.5, 0.6) is 0 Å². The van der Waals surface area contributed by atoms with Crippen LogP contribution in [0.25, 0.3) is 0 Å². The lowest BCUT2D eigenvalue weighted by molar-refractivity contribution is 0.568. The molecule has 9 heavy (non-hydrogen) atoms. The number of alkyl halides is 1. The fraction of sp³-hybridized carbons (Fsp3) is 1.00. The molecule has 0 aliphatic heterocycles. The fourth-order valence-corrected chi connectivity index (χ4v) is 0.892. The van der Waals surface area contributed by atoms with Crippen molar-refractivity contribution in [3.8, 4) is 0 Å². The van der Waals surface area contributed by atoms with Crippen molar-refractivity contribution < 1.29 is 8.42 Å². The van der Waals surface area contributed by atoms with Gasteiger partial charge < -0.3 is 0 Å². The molecule has 0 aromatic heterocycles. The second-order valence-corrected chi connectivity index (χ2v) is 5.58. The first-order valence-corrected chi connectivity index (χ1v) is 4.99. The Morgan fingerprint density at radius 1 is 1.44 bits per heavy atom. The molecule has 0 saturated carbocycles. The Kier molecular flexibility index (Phi) is 2.53. The monoisotopic (exact) mass is 170 g/mol. The Morgan fingerprint density at radius 3 is 1.78 bits per heavy atom. The van der Waals surface area contributed by atoms with Crippen LogP contribution in [0.4, 0.5) is 0 Å². The lowest BCUT2D eigenvalue weighted by Gasteiger charge is -2.17. The van der Waals surface area contributed by atoms with Crippen molar-refractivity contribution in [3.63, 3.8) is 0 Å². The third kappa shape index (κ3) is 2.14. The Bertz CT molecular complexity index is 181. The molecule has 2 nitrogen and oxygen atoms in total. The zero-order valence-electron chi connectivity index (χ0n) is 5.81. The molecule has 0 amide bonds. The van der Waals surface area contributed by atoms with Crippen LogP contribution in [-0.2, 0) is 9.84 Å². The van der Waals surface area contributed by atoms with Crippen LogP contribution in [0.1, 0.15) is 13.8 Å². The Morgan fingerprint density at radius 2 is 1.78 bits per heavy atom. The summed E-state index contributed by atoms with van der Waals surface area (Å²) in [4.78, 5) is 0. The predicted molar refractivity (Wildman–Crippen MR) is 39.6 cm³/mol. The minimum atomic E-state index is -2.98. The Balaban J connectivity index is 4.56. The van der Waals surface area contributed by atoms with Gasteiger partial charge in [-0.25, -0.2) is 8.42 Å². The standard InChI is InChI=1S/C5H11ClO2S/c1-5(2,4-6)9(3,7)8/h4H2,1-3H3. The molecule has 56 valence electrons. The van der Waals surface area contributed by atoms with E-state index in [-0.39, 0.29) is 5.88 Å². The molecule has 0 aromatic rings. The van der Waals surface area contributed by atoms with E-state index in [9.17, 15) is 8.42 Å². The summed E-state index contributed by atoms with van der Waals surface area (Å²) in [5.41, 5.74) is 0. The third-order valence-electron chi connectivity index (χ3n) is 1.33. The van der Waals surface area contributed by atoms with E-state index in [4.69, 9.17) is 11.6 Å². The summed E-state index contributed by atoms with van der Waals surface area (Å²) in [6.07, 6.45) is 1.19. The average Bonchev–Trinajstić information content (AvgIpc) is 1.64. The zero-order valence-corrected chi connectivity index (χ0v) is 7.38. The second-order valence-electron chi connectivity index (χ2n) is 2.67. The largest absolute Gasteiger partial charge is 0.229 e. The summed E-state index contributed by atoms with van der Waals surface area (Å²) in [6.45, 7) is 3.21. The van der Waals surface area contributed by atoms with E-state index in [1.165, 1.54) is 6.26 Å². The Labute approximate surface area is 61.1 Å². The van der Waals surface area contributed by atoms with Gasteiger partial charge in [0.15, 0.2) is 9.84 Å². The first-order valence-electron chi connectivity index (χ1n) is 2.57. The highest BCUT2D eigenvalue weighted by Crippen LogP contribution is 2.15.